The third kappa shape index (κ3) is 3.64. The summed E-state index contributed by atoms with van der Waals surface area (Å²) in [7, 11) is 4.28. The zero-order chi connectivity index (χ0) is 24.5. The fourth-order valence-corrected chi connectivity index (χ4v) is 5.36. The maximum atomic E-state index is 13.1. The Morgan fingerprint density at radius 1 is 0.818 bits per heavy atom. The molecule has 1 fully saturated rings. The summed E-state index contributed by atoms with van der Waals surface area (Å²) in [6.45, 7) is 0. The number of rotatable bonds is 5. The van der Waals surface area contributed by atoms with Crippen LogP contribution in [0.25, 0.3) is 0 Å². The molecule has 2 aliphatic rings. The van der Waals surface area contributed by atoms with E-state index in [0.717, 1.165) is 28.4 Å². The quantitative estimate of drug-likeness (QED) is 0.478. The van der Waals surface area contributed by atoms with Crippen molar-refractivity contribution in [2.24, 2.45) is 23.7 Å². The lowest BCUT2D eigenvalue weighted by Crippen LogP contribution is -2.68. The first-order chi connectivity index (χ1) is 15.7. The number of aliphatic hydroxyl groups is 2. The molecule has 1 aromatic rings. The Bertz CT molecular complexity index is 984. The normalized spacial score (nSPS) is 30.8. The Balaban J connectivity index is 2.41. The van der Waals surface area contributed by atoms with Gasteiger partial charge >= 0.3 is 23.9 Å². The van der Waals surface area contributed by atoms with Crippen LogP contribution in [0.1, 0.15) is 17.9 Å². The number of methoxy groups -OCH3 is 4. The van der Waals surface area contributed by atoms with Crippen LogP contribution in [0.4, 0.5) is 0 Å². The van der Waals surface area contributed by atoms with Crippen LogP contribution in [0.5, 0.6) is 0 Å². The number of carbonyl (C=O) groups is 4. The van der Waals surface area contributed by atoms with Crippen LogP contribution in [0.15, 0.2) is 41.7 Å². The third-order valence-corrected chi connectivity index (χ3v) is 6.67. The van der Waals surface area contributed by atoms with E-state index in [1.54, 1.807) is 30.3 Å². The van der Waals surface area contributed by atoms with Crippen LogP contribution in [0.3, 0.4) is 0 Å². The van der Waals surface area contributed by atoms with Gasteiger partial charge in [-0.15, -0.1) is 0 Å². The molecule has 10 heteroatoms. The van der Waals surface area contributed by atoms with E-state index in [0.29, 0.717) is 5.56 Å². The minimum atomic E-state index is -2.53. The fourth-order valence-electron chi connectivity index (χ4n) is 5.36. The molecule has 2 N–H and O–H groups in total. The summed E-state index contributed by atoms with van der Waals surface area (Å²) in [6.07, 6.45) is -0.0196. The summed E-state index contributed by atoms with van der Waals surface area (Å²) in [5.74, 6) is -11.7. The highest BCUT2D eigenvalue weighted by molar-refractivity contribution is 5.96. The molecule has 33 heavy (non-hydrogen) atoms. The molecule has 1 saturated carbocycles. The summed E-state index contributed by atoms with van der Waals surface area (Å²) in [5.41, 5.74) is -2.27. The van der Waals surface area contributed by atoms with Gasteiger partial charge in [-0.25, -0.2) is 4.79 Å². The van der Waals surface area contributed by atoms with Gasteiger partial charge in [0.25, 0.3) is 0 Å². The van der Waals surface area contributed by atoms with Crippen LogP contribution in [-0.4, -0.2) is 68.1 Å². The molecule has 2 bridgehead atoms. The molecule has 178 valence electrons. The lowest BCUT2D eigenvalue weighted by atomic mass is 9.49. The highest BCUT2D eigenvalue weighted by Crippen LogP contribution is 2.59. The number of fused-ring (bicyclic) bond motifs is 2. The van der Waals surface area contributed by atoms with E-state index < -0.39 is 64.8 Å². The minimum Gasteiger partial charge on any atom is -0.511 e. The van der Waals surface area contributed by atoms with E-state index in [1.807, 2.05) is 0 Å². The highest BCUT2D eigenvalue weighted by Gasteiger charge is 2.71. The second kappa shape index (κ2) is 9.22. The molecule has 0 aromatic heterocycles. The lowest BCUT2D eigenvalue weighted by molar-refractivity contribution is -0.208. The monoisotopic (exact) mass is 462 g/mol. The van der Waals surface area contributed by atoms with Gasteiger partial charge in [-0.05, 0) is 12.0 Å². The predicted molar refractivity (Wildman–Crippen MR) is 110 cm³/mol. The Labute approximate surface area is 190 Å². The standard InChI is InChI=1S/C23H26O10/c1-30-19(25)14-13-10-12(11-8-6-5-7-9-11)15(20(26)31-2)23(29,16(13)21(27)32-3)17(18(14)24)22(28)33-4/h5-9,12-13,15-17,24,29H,10H2,1-4H3/t12-,13-,15+,16-,17-,23+/m1/s1. The molecule has 0 radical (unpaired) electrons. The molecular formula is C23H26O10. The van der Waals surface area contributed by atoms with Crippen molar-refractivity contribution in [2.45, 2.75) is 17.9 Å². The van der Waals surface area contributed by atoms with Crippen LogP contribution in [0, 0.1) is 23.7 Å². The van der Waals surface area contributed by atoms with Gasteiger partial charge in [0.05, 0.1) is 45.8 Å². The molecule has 10 nitrogen and oxygen atoms in total. The van der Waals surface area contributed by atoms with E-state index in [2.05, 4.69) is 0 Å². The maximum absolute atomic E-state index is 13.1. The first kappa shape index (κ1) is 24.2. The van der Waals surface area contributed by atoms with Gasteiger partial charge in [0.1, 0.15) is 17.3 Å². The SMILES string of the molecule is COC(=O)C1=C(O)[C@H](C(=O)OC)[C@]2(O)[C@H](C(=O)OC)[C@@H](c3ccccc3)C[C@H]1[C@@H]2C(=O)OC. The molecule has 0 amide bonds. The van der Waals surface area contributed by atoms with E-state index in [9.17, 15) is 29.4 Å². The van der Waals surface area contributed by atoms with Crippen molar-refractivity contribution in [3.63, 3.8) is 0 Å². The Hall–Kier alpha value is -3.40. The van der Waals surface area contributed by atoms with Crippen molar-refractivity contribution < 1.29 is 48.3 Å². The van der Waals surface area contributed by atoms with E-state index in [1.165, 1.54) is 0 Å². The van der Waals surface area contributed by atoms with E-state index in [-0.39, 0.29) is 12.0 Å². The van der Waals surface area contributed by atoms with Gasteiger partial charge in [0.15, 0.2) is 0 Å². The molecule has 6 atom stereocenters. The van der Waals surface area contributed by atoms with Gasteiger partial charge in [-0.3, -0.25) is 14.4 Å². The Morgan fingerprint density at radius 2 is 1.33 bits per heavy atom. The minimum absolute atomic E-state index is 0.0196. The van der Waals surface area contributed by atoms with Crippen molar-refractivity contribution in [1.29, 1.82) is 0 Å². The average molecular weight is 462 g/mol. The Kier molecular flexibility index (Phi) is 6.78. The zero-order valence-corrected chi connectivity index (χ0v) is 18.6. The summed E-state index contributed by atoms with van der Waals surface area (Å²) in [6, 6.07) is 8.64. The molecule has 0 unspecified atom stereocenters. The van der Waals surface area contributed by atoms with Crippen LogP contribution in [-0.2, 0) is 38.1 Å². The van der Waals surface area contributed by atoms with Crippen LogP contribution >= 0.6 is 0 Å². The number of hydrogen-bond acceptors (Lipinski definition) is 10. The number of benzene rings is 1. The smallest absolute Gasteiger partial charge is 0.337 e. The van der Waals surface area contributed by atoms with Crippen molar-refractivity contribution >= 4 is 23.9 Å². The van der Waals surface area contributed by atoms with Gasteiger partial charge in [0.2, 0.25) is 0 Å². The van der Waals surface area contributed by atoms with Gasteiger partial charge in [0, 0.05) is 11.8 Å². The van der Waals surface area contributed by atoms with Gasteiger partial charge < -0.3 is 29.2 Å². The first-order valence-corrected chi connectivity index (χ1v) is 10.2. The van der Waals surface area contributed by atoms with Gasteiger partial charge in [-0.2, -0.15) is 0 Å². The van der Waals surface area contributed by atoms with Gasteiger partial charge in [-0.1, -0.05) is 30.3 Å². The number of carbonyl (C=O) groups excluding carboxylic acids is 4. The predicted octanol–water partition coefficient (Wildman–Crippen LogP) is 0.888. The molecule has 0 aliphatic heterocycles. The third-order valence-electron chi connectivity index (χ3n) is 6.67. The summed E-state index contributed by atoms with van der Waals surface area (Å²) >= 11 is 0. The fraction of sp³-hybridized carbons (Fsp3) is 0.478. The van der Waals surface area contributed by atoms with Crippen molar-refractivity contribution in [3.8, 4) is 0 Å². The maximum Gasteiger partial charge on any atom is 0.337 e. The number of esters is 4. The second-order valence-corrected chi connectivity index (χ2v) is 8.00. The van der Waals surface area contributed by atoms with E-state index in [4.69, 9.17) is 18.9 Å². The second-order valence-electron chi connectivity index (χ2n) is 8.00. The highest BCUT2D eigenvalue weighted by atomic mass is 16.5. The summed E-state index contributed by atoms with van der Waals surface area (Å²) in [4.78, 5) is 51.6. The molecule has 1 aromatic carbocycles. The summed E-state index contributed by atoms with van der Waals surface area (Å²) < 4.78 is 19.5. The molecule has 3 rings (SSSR count). The first-order valence-electron chi connectivity index (χ1n) is 10.2. The molecule has 2 aliphatic carbocycles. The van der Waals surface area contributed by atoms with E-state index >= 15 is 0 Å². The molecule has 0 heterocycles. The number of ether oxygens (including phenoxy) is 4. The van der Waals surface area contributed by atoms with Crippen LogP contribution < -0.4 is 0 Å². The summed E-state index contributed by atoms with van der Waals surface area (Å²) in [5, 5.41) is 23.1. The number of hydrogen-bond donors (Lipinski definition) is 2. The average Bonchev–Trinajstić information content (AvgIpc) is 2.82. The topological polar surface area (TPSA) is 146 Å². The zero-order valence-electron chi connectivity index (χ0n) is 18.6. The van der Waals surface area contributed by atoms with Crippen LogP contribution in [0.2, 0.25) is 0 Å². The molecule has 0 saturated heterocycles. The molecular weight excluding hydrogens is 436 g/mol. The van der Waals surface area contributed by atoms with Crippen molar-refractivity contribution in [1.82, 2.24) is 0 Å². The van der Waals surface area contributed by atoms with Crippen molar-refractivity contribution in [2.75, 3.05) is 28.4 Å². The lowest BCUT2D eigenvalue weighted by Gasteiger charge is -2.55. The largest absolute Gasteiger partial charge is 0.511 e. The molecule has 0 spiro atoms. The van der Waals surface area contributed by atoms with Crippen molar-refractivity contribution in [3.05, 3.63) is 47.2 Å². The number of aliphatic hydroxyl groups excluding tert-OH is 1. The Morgan fingerprint density at radius 3 is 1.82 bits per heavy atom.